The number of rotatable bonds is 6. The number of fused-ring (bicyclic) bond motifs is 1. The third-order valence-corrected chi connectivity index (χ3v) is 9.20. The van der Waals surface area contributed by atoms with Crippen molar-refractivity contribution < 1.29 is 41.0 Å². The minimum absolute atomic E-state index is 0.0534. The number of aromatic nitrogens is 3. The third-order valence-electron chi connectivity index (χ3n) is 9.20. The fourth-order valence-electron chi connectivity index (χ4n) is 6.63. The molecule has 0 aliphatic carbocycles. The van der Waals surface area contributed by atoms with Crippen molar-refractivity contribution in [3.63, 3.8) is 0 Å². The number of nitrogens with zero attached hydrogens (tertiary/aromatic N) is 5. The standard InChI is InChI=1S/C32H34F6N6O3/c1-4-30(39)14-24(27-25(44(30)29(46)47)6-5-17(2)42-27)26(20-11-21(31(33,34)35)13-22(12-20)32(36,37)38)28-40-15-23(16-41-28)43-9-7-19(8-10-43)18(3)45/h5-6,11-13,15-16,19,24,26H,4,7-10,14,39H2,1-3H3,(H,46,47)/t24-,26?,30+/m0/s1. The number of halogens is 6. The van der Waals surface area contributed by atoms with Crippen molar-refractivity contribution in [1.82, 2.24) is 15.0 Å². The highest BCUT2D eigenvalue weighted by Gasteiger charge is 2.49. The molecule has 3 N–H and O–H groups in total. The van der Waals surface area contributed by atoms with Crippen LogP contribution in [-0.4, -0.2) is 50.7 Å². The van der Waals surface area contributed by atoms with Gasteiger partial charge in [-0.3, -0.25) is 14.7 Å². The summed E-state index contributed by atoms with van der Waals surface area (Å²) in [7, 11) is 0. The lowest BCUT2D eigenvalue weighted by molar-refractivity contribution is -0.143. The Bertz CT molecular complexity index is 1620. The number of pyridine rings is 1. The maximum absolute atomic E-state index is 14.1. The number of hydrogen-bond donors (Lipinski definition) is 2. The fourth-order valence-corrected chi connectivity index (χ4v) is 6.63. The molecule has 0 radical (unpaired) electrons. The summed E-state index contributed by atoms with van der Waals surface area (Å²) in [6, 6.07) is 4.38. The van der Waals surface area contributed by atoms with Gasteiger partial charge in [-0.05, 0) is 75.4 Å². The van der Waals surface area contributed by atoms with Crippen LogP contribution in [0.25, 0.3) is 0 Å². The molecule has 1 aromatic carbocycles. The lowest BCUT2D eigenvalue weighted by atomic mass is 9.73. The summed E-state index contributed by atoms with van der Waals surface area (Å²) in [6.45, 7) is 5.89. The first-order chi connectivity index (χ1) is 21.9. The molecule has 15 heteroatoms. The van der Waals surface area contributed by atoms with Crippen molar-refractivity contribution in [1.29, 1.82) is 0 Å². The molecular formula is C32H34F6N6O3. The number of Topliss-reactive ketones (excluding diaryl/α,β-unsaturated/α-hetero) is 1. The minimum Gasteiger partial charge on any atom is -0.465 e. The van der Waals surface area contributed by atoms with Crippen LogP contribution in [0.1, 0.15) is 85.3 Å². The van der Waals surface area contributed by atoms with Gasteiger partial charge in [-0.1, -0.05) is 6.92 Å². The number of piperidine rings is 1. The second kappa shape index (κ2) is 12.4. The van der Waals surface area contributed by atoms with Gasteiger partial charge in [0, 0.05) is 30.6 Å². The number of ketones is 1. The second-order valence-corrected chi connectivity index (χ2v) is 12.2. The van der Waals surface area contributed by atoms with Gasteiger partial charge in [-0.15, -0.1) is 0 Å². The average Bonchev–Trinajstić information content (AvgIpc) is 3.00. The zero-order valence-electron chi connectivity index (χ0n) is 25.9. The molecule has 47 heavy (non-hydrogen) atoms. The molecule has 2 aliphatic heterocycles. The molecule has 4 heterocycles. The maximum atomic E-state index is 14.1. The first-order valence-corrected chi connectivity index (χ1v) is 15.1. The van der Waals surface area contributed by atoms with Gasteiger partial charge in [-0.25, -0.2) is 14.8 Å². The molecule has 1 fully saturated rings. The van der Waals surface area contributed by atoms with Gasteiger partial charge >= 0.3 is 18.4 Å². The number of alkyl halides is 6. The van der Waals surface area contributed by atoms with E-state index in [0.29, 0.717) is 49.4 Å². The molecule has 0 bridgehead atoms. The molecule has 2 aliphatic rings. The van der Waals surface area contributed by atoms with Crippen LogP contribution in [0.4, 0.5) is 42.5 Å². The van der Waals surface area contributed by atoms with Gasteiger partial charge in [0.1, 0.15) is 11.6 Å². The summed E-state index contributed by atoms with van der Waals surface area (Å²) < 4.78 is 84.4. The van der Waals surface area contributed by atoms with E-state index in [2.05, 4.69) is 15.0 Å². The van der Waals surface area contributed by atoms with Crippen LogP contribution in [0.5, 0.6) is 0 Å². The number of anilines is 2. The van der Waals surface area contributed by atoms with E-state index < -0.39 is 47.1 Å². The van der Waals surface area contributed by atoms with Gasteiger partial charge in [0.2, 0.25) is 0 Å². The Morgan fingerprint density at radius 2 is 1.60 bits per heavy atom. The predicted molar refractivity (Wildman–Crippen MR) is 160 cm³/mol. The van der Waals surface area contributed by atoms with Crippen LogP contribution < -0.4 is 15.5 Å². The highest BCUT2D eigenvalue weighted by atomic mass is 19.4. The van der Waals surface area contributed by atoms with E-state index in [0.717, 1.165) is 4.90 Å². The molecule has 1 amide bonds. The first-order valence-electron chi connectivity index (χ1n) is 15.1. The Kier molecular flexibility index (Phi) is 8.99. The number of amides is 1. The SMILES string of the molecule is CC[C@]1(N)C[C@@H](C(c2cc(C(F)(F)F)cc(C(F)(F)F)c2)c2ncc(N3CCC(C(C)=O)CC3)cn2)c2nc(C)ccc2N1C(=O)O. The quantitative estimate of drug-likeness (QED) is 0.273. The van der Waals surface area contributed by atoms with Crippen LogP contribution >= 0.6 is 0 Å². The van der Waals surface area contributed by atoms with E-state index in [1.165, 1.54) is 18.5 Å². The van der Waals surface area contributed by atoms with Crippen molar-refractivity contribution in [2.24, 2.45) is 11.7 Å². The number of carbonyl (C=O) groups excluding carboxylic acids is 1. The molecule has 1 unspecified atom stereocenters. The van der Waals surface area contributed by atoms with E-state index >= 15 is 0 Å². The van der Waals surface area contributed by atoms with Gasteiger partial charge in [0.25, 0.3) is 0 Å². The summed E-state index contributed by atoms with van der Waals surface area (Å²) in [5.74, 6) is -2.41. The zero-order valence-corrected chi connectivity index (χ0v) is 25.9. The third kappa shape index (κ3) is 6.76. The zero-order chi connectivity index (χ0) is 34.5. The summed E-state index contributed by atoms with van der Waals surface area (Å²) in [6.07, 6.45) is -7.61. The Morgan fingerprint density at radius 3 is 2.09 bits per heavy atom. The second-order valence-electron chi connectivity index (χ2n) is 12.2. The lowest BCUT2D eigenvalue weighted by Crippen LogP contribution is -2.61. The monoisotopic (exact) mass is 664 g/mol. The molecule has 3 atom stereocenters. The summed E-state index contributed by atoms with van der Waals surface area (Å²) >= 11 is 0. The van der Waals surface area contributed by atoms with Crippen molar-refractivity contribution in [2.75, 3.05) is 22.9 Å². The lowest BCUT2D eigenvalue weighted by Gasteiger charge is -2.47. The fraction of sp³-hybridized carbons (Fsp3) is 0.469. The van der Waals surface area contributed by atoms with Crippen molar-refractivity contribution in [2.45, 2.75) is 76.3 Å². The van der Waals surface area contributed by atoms with E-state index in [-0.39, 0.29) is 53.4 Å². The molecular weight excluding hydrogens is 630 g/mol. The van der Waals surface area contributed by atoms with Gasteiger partial charge in [0.15, 0.2) is 0 Å². The smallest absolute Gasteiger partial charge is 0.416 e. The number of carboxylic acid groups (broad SMARTS) is 1. The maximum Gasteiger partial charge on any atom is 0.416 e. The van der Waals surface area contributed by atoms with Crippen LogP contribution in [0, 0.1) is 12.8 Å². The topological polar surface area (TPSA) is 126 Å². The molecule has 1 saturated heterocycles. The van der Waals surface area contributed by atoms with Crippen LogP contribution in [0.2, 0.25) is 0 Å². The molecule has 9 nitrogen and oxygen atoms in total. The number of carbonyl (C=O) groups is 2. The molecule has 0 saturated carbocycles. The number of nitrogens with two attached hydrogens (primary N) is 1. The highest BCUT2D eigenvalue weighted by Crippen LogP contribution is 2.51. The van der Waals surface area contributed by atoms with Gasteiger partial charge in [-0.2, -0.15) is 26.3 Å². The van der Waals surface area contributed by atoms with E-state index in [1.807, 2.05) is 4.90 Å². The Labute approximate surface area is 266 Å². The van der Waals surface area contributed by atoms with E-state index in [1.54, 1.807) is 26.8 Å². The molecule has 0 spiro atoms. The molecule has 2 aromatic heterocycles. The summed E-state index contributed by atoms with van der Waals surface area (Å²) in [5, 5.41) is 10.2. The summed E-state index contributed by atoms with van der Waals surface area (Å²) in [4.78, 5) is 40.7. The highest BCUT2D eigenvalue weighted by molar-refractivity contribution is 5.89. The number of aryl methyl sites for hydroxylation is 1. The largest absolute Gasteiger partial charge is 0.465 e. The normalized spacial score (nSPS) is 21.4. The van der Waals surface area contributed by atoms with Crippen molar-refractivity contribution in [3.8, 4) is 0 Å². The minimum atomic E-state index is -5.11. The van der Waals surface area contributed by atoms with Crippen molar-refractivity contribution in [3.05, 3.63) is 76.6 Å². The average molecular weight is 665 g/mol. The van der Waals surface area contributed by atoms with E-state index in [9.17, 15) is 41.0 Å². The van der Waals surface area contributed by atoms with E-state index in [4.69, 9.17) is 5.73 Å². The van der Waals surface area contributed by atoms with Crippen molar-refractivity contribution >= 4 is 23.3 Å². The van der Waals surface area contributed by atoms with Gasteiger partial charge < -0.3 is 15.7 Å². The number of hydrogen-bond acceptors (Lipinski definition) is 7. The Balaban J connectivity index is 1.71. The molecule has 5 rings (SSSR count). The predicted octanol–water partition coefficient (Wildman–Crippen LogP) is 6.89. The van der Waals surface area contributed by atoms with Crippen LogP contribution in [0.3, 0.4) is 0 Å². The molecule has 3 aromatic rings. The number of benzene rings is 1. The van der Waals surface area contributed by atoms with Gasteiger partial charge in [0.05, 0.1) is 52.2 Å². The van der Waals surface area contributed by atoms with Crippen LogP contribution in [0.15, 0.2) is 42.7 Å². The Morgan fingerprint density at radius 1 is 1.02 bits per heavy atom. The van der Waals surface area contributed by atoms with Crippen LogP contribution in [-0.2, 0) is 17.1 Å². The summed E-state index contributed by atoms with van der Waals surface area (Å²) in [5.41, 5.74) is 2.93. The molecule has 252 valence electrons. The Hall–Kier alpha value is -4.27. The first kappa shape index (κ1) is 34.1.